The number of piperidine rings is 1. The Kier molecular flexibility index (Phi) is 4.38. The van der Waals surface area contributed by atoms with E-state index in [2.05, 4.69) is 35.2 Å². The zero-order valence-corrected chi connectivity index (χ0v) is 11.1. The molecule has 1 aromatic heterocycles. The van der Waals surface area contributed by atoms with Crippen molar-refractivity contribution < 1.29 is 0 Å². The number of hydrogen-bond donors (Lipinski definition) is 2. The van der Waals surface area contributed by atoms with Crippen LogP contribution in [0.1, 0.15) is 30.9 Å². The molecule has 0 spiro atoms. The van der Waals surface area contributed by atoms with Crippen molar-refractivity contribution in [1.82, 2.24) is 10.6 Å². The third kappa shape index (κ3) is 3.30. The van der Waals surface area contributed by atoms with Gasteiger partial charge in [-0.1, -0.05) is 0 Å². The first-order valence-electron chi connectivity index (χ1n) is 6.21. The lowest BCUT2D eigenvalue weighted by Gasteiger charge is -2.28. The molecule has 2 heterocycles. The molecule has 2 nitrogen and oxygen atoms in total. The van der Waals surface area contributed by atoms with Gasteiger partial charge in [-0.05, 0) is 67.6 Å². The lowest BCUT2D eigenvalue weighted by atomic mass is 9.93. The Labute approximate surface area is 102 Å². The summed E-state index contributed by atoms with van der Waals surface area (Å²) in [5.74, 6) is 0.857. The van der Waals surface area contributed by atoms with E-state index in [4.69, 9.17) is 0 Å². The summed E-state index contributed by atoms with van der Waals surface area (Å²) in [6, 6.07) is 0.698. The van der Waals surface area contributed by atoms with Gasteiger partial charge in [-0.15, -0.1) is 0 Å². The van der Waals surface area contributed by atoms with Gasteiger partial charge in [0.05, 0.1) is 0 Å². The molecule has 0 amide bonds. The van der Waals surface area contributed by atoms with Gasteiger partial charge in [0, 0.05) is 12.6 Å². The van der Waals surface area contributed by atoms with Crippen molar-refractivity contribution in [3.05, 3.63) is 21.9 Å². The van der Waals surface area contributed by atoms with E-state index in [0.29, 0.717) is 6.04 Å². The quantitative estimate of drug-likeness (QED) is 0.842. The minimum atomic E-state index is 0.698. The summed E-state index contributed by atoms with van der Waals surface area (Å²) >= 11 is 1.80. The Morgan fingerprint density at radius 3 is 3.06 bits per heavy atom. The van der Waals surface area contributed by atoms with Gasteiger partial charge < -0.3 is 10.6 Å². The Morgan fingerprint density at radius 2 is 2.38 bits per heavy atom. The molecule has 3 heteroatoms. The first-order chi connectivity index (χ1) is 7.75. The predicted octanol–water partition coefficient (Wildman–Crippen LogP) is 2.53. The van der Waals surface area contributed by atoms with E-state index >= 15 is 0 Å². The highest BCUT2D eigenvalue weighted by Crippen LogP contribution is 2.16. The minimum absolute atomic E-state index is 0.698. The second-order valence-corrected chi connectivity index (χ2v) is 5.70. The zero-order chi connectivity index (χ0) is 11.4. The van der Waals surface area contributed by atoms with Crippen LogP contribution in [0.2, 0.25) is 0 Å². The van der Waals surface area contributed by atoms with Gasteiger partial charge in [0.2, 0.25) is 0 Å². The van der Waals surface area contributed by atoms with Crippen LogP contribution in [0.15, 0.2) is 10.8 Å². The van der Waals surface area contributed by atoms with Crippen molar-refractivity contribution in [1.29, 1.82) is 0 Å². The maximum absolute atomic E-state index is 3.60. The summed E-state index contributed by atoms with van der Waals surface area (Å²) in [6.07, 6.45) is 2.63. The van der Waals surface area contributed by atoms with Crippen molar-refractivity contribution in [2.75, 3.05) is 13.1 Å². The van der Waals surface area contributed by atoms with Gasteiger partial charge in [0.15, 0.2) is 0 Å². The van der Waals surface area contributed by atoms with E-state index in [1.54, 1.807) is 11.3 Å². The molecule has 1 aliphatic heterocycles. The predicted molar refractivity (Wildman–Crippen MR) is 71.0 cm³/mol. The van der Waals surface area contributed by atoms with E-state index < -0.39 is 0 Å². The van der Waals surface area contributed by atoms with Gasteiger partial charge in [-0.25, -0.2) is 0 Å². The molecule has 1 saturated heterocycles. The molecule has 0 bridgehead atoms. The standard InChI is InChI=1S/C13H22N2S/c1-10-8-16-9-13(10)7-14-6-12-3-4-15-11(2)5-12/h8-9,11-12,14-15H,3-7H2,1-2H3. The zero-order valence-electron chi connectivity index (χ0n) is 10.3. The van der Waals surface area contributed by atoms with Crippen LogP contribution in [0.25, 0.3) is 0 Å². The van der Waals surface area contributed by atoms with Gasteiger partial charge in [0.25, 0.3) is 0 Å². The minimum Gasteiger partial charge on any atom is -0.314 e. The highest BCUT2D eigenvalue weighted by atomic mass is 32.1. The maximum atomic E-state index is 3.60. The summed E-state index contributed by atoms with van der Waals surface area (Å²) in [4.78, 5) is 0. The van der Waals surface area contributed by atoms with Crippen LogP contribution >= 0.6 is 11.3 Å². The van der Waals surface area contributed by atoms with Crippen LogP contribution in [0.5, 0.6) is 0 Å². The van der Waals surface area contributed by atoms with Crippen LogP contribution < -0.4 is 10.6 Å². The fourth-order valence-corrected chi connectivity index (χ4v) is 3.26. The molecule has 1 fully saturated rings. The largest absolute Gasteiger partial charge is 0.314 e. The monoisotopic (exact) mass is 238 g/mol. The molecule has 2 rings (SSSR count). The number of aryl methyl sites for hydroxylation is 1. The first-order valence-corrected chi connectivity index (χ1v) is 7.15. The summed E-state index contributed by atoms with van der Waals surface area (Å²) in [6.45, 7) is 7.87. The molecular weight excluding hydrogens is 216 g/mol. The molecule has 1 aromatic rings. The van der Waals surface area contributed by atoms with Crippen molar-refractivity contribution in [3.8, 4) is 0 Å². The summed E-state index contributed by atoms with van der Waals surface area (Å²) in [5.41, 5.74) is 2.89. The molecule has 1 aliphatic rings. The van der Waals surface area contributed by atoms with Crippen LogP contribution in [0.4, 0.5) is 0 Å². The molecule has 0 aliphatic carbocycles. The summed E-state index contributed by atoms with van der Waals surface area (Å²) < 4.78 is 0. The fourth-order valence-electron chi connectivity index (χ4n) is 2.40. The number of hydrogen-bond acceptors (Lipinski definition) is 3. The van der Waals surface area contributed by atoms with Gasteiger partial charge in [-0.2, -0.15) is 11.3 Å². The van der Waals surface area contributed by atoms with E-state index in [9.17, 15) is 0 Å². The molecule has 2 N–H and O–H groups in total. The van der Waals surface area contributed by atoms with Gasteiger partial charge >= 0.3 is 0 Å². The molecule has 16 heavy (non-hydrogen) atoms. The second kappa shape index (κ2) is 5.80. The Bertz CT molecular complexity index is 321. The molecule has 90 valence electrons. The highest BCUT2D eigenvalue weighted by Gasteiger charge is 2.17. The third-order valence-corrected chi connectivity index (χ3v) is 4.35. The topological polar surface area (TPSA) is 24.1 Å². The lowest BCUT2D eigenvalue weighted by Crippen LogP contribution is -2.39. The molecular formula is C13H22N2S. The lowest BCUT2D eigenvalue weighted by molar-refractivity contribution is 0.304. The summed E-state index contributed by atoms with van der Waals surface area (Å²) in [7, 11) is 0. The SMILES string of the molecule is Cc1cscc1CNCC1CCNC(C)C1. The number of nitrogens with one attached hydrogen (secondary N) is 2. The average molecular weight is 238 g/mol. The van der Waals surface area contributed by atoms with Crippen LogP contribution in [-0.2, 0) is 6.54 Å². The van der Waals surface area contributed by atoms with Gasteiger partial charge in [-0.3, -0.25) is 0 Å². The number of rotatable bonds is 4. The summed E-state index contributed by atoms with van der Waals surface area (Å²) in [5, 5.41) is 11.6. The molecule has 2 atom stereocenters. The maximum Gasteiger partial charge on any atom is 0.0216 e. The van der Waals surface area contributed by atoms with E-state index in [1.807, 2.05) is 0 Å². The molecule has 2 unspecified atom stereocenters. The highest BCUT2D eigenvalue weighted by molar-refractivity contribution is 7.08. The number of thiophene rings is 1. The van der Waals surface area contributed by atoms with Crippen LogP contribution in [0, 0.1) is 12.8 Å². The van der Waals surface area contributed by atoms with Crippen molar-refractivity contribution in [3.63, 3.8) is 0 Å². The van der Waals surface area contributed by atoms with E-state index in [0.717, 1.165) is 12.5 Å². The molecule has 0 radical (unpaired) electrons. The normalized spacial score (nSPS) is 25.9. The second-order valence-electron chi connectivity index (χ2n) is 4.96. The van der Waals surface area contributed by atoms with Gasteiger partial charge in [0.1, 0.15) is 0 Å². The Hall–Kier alpha value is -0.380. The Balaban J connectivity index is 1.70. The van der Waals surface area contributed by atoms with E-state index in [-0.39, 0.29) is 0 Å². The van der Waals surface area contributed by atoms with Crippen LogP contribution in [0.3, 0.4) is 0 Å². The molecule has 0 aromatic carbocycles. The van der Waals surface area contributed by atoms with Crippen molar-refractivity contribution in [2.45, 2.75) is 39.3 Å². The fraction of sp³-hybridized carbons (Fsp3) is 0.692. The first kappa shape index (κ1) is 12.1. The van der Waals surface area contributed by atoms with Crippen molar-refractivity contribution >= 4 is 11.3 Å². The van der Waals surface area contributed by atoms with E-state index in [1.165, 1.54) is 37.1 Å². The van der Waals surface area contributed by atoms with Crippen LogP contribution in [-0.4, -0.2) is 19.1 Å². The molecule has 0 saturated carbocycles. The Morgan fingerprint density at radius 1 is 1.50 bits per heavy atom. The average Bonchev–Trinajstić information content (AvgIpc) is 2.65. The van der Waals surface area contributed by atoms with Crippen molar-refractivity contribution in [2.24, 2.45) is 5.92 Å². The smallest absolute Gasteiger partial charge is 0.0216 e. The third-order valence-electron chi connectivity index (χ3n) is 3.44.